The van der Waals surface area contributed by atoms with Gasteiger partial charge in [0.15, 0.2) is 0 Å². The summed E-state index contributed by atoms with van der Waals surface area (Å²) in [6.45, 7) is 1.77. The summed E-state index contributed by atoms with van der Waals surface area (Å²) < 4.78 is 2.64. The Hall–Kier alpha value is -1.89. The van der Waals surface area contributed by atoms with Crippen LogP contribution in [0.2, 0.25) is 0 Å². The van der Waals surface area contributed by atoms with Crippen LogP contribution >= 0.6 is 15.9 Å². The molecule has 0 spiro atoms. The topological polar surface area (TPSA) is 63.1 Å². The number of aromatic nitrogens is 3. The molecule has 1 saturated heterocycles. The molecule has 0 radical (unpaired) electrons. The van der Waals surface area contributed by atoms with E-state index in [1.54, 1.807) is 30.3 Å². The van der Waals surface area contributed by atoms with E-state index < -0.39 is 0 Å². The van der Waals surface area contributed by atoms with Crippen LogP contribution in [0.25, 0.3) is 0 Å². The Kier molecular flexibility index (Phi) is 4.42. The van der Waals surface area contributed by atoms with Gasteiger partial charge in [0.2, 0.25) is 0 Å². The Morgan fingerprint density at radius 1 is 1.41 bits per heavy atom. The van der Waals surface area contributed by atoms with Crippen LogP contribution in [0.4, 0.5) is 5.82 Å². The molecule has 0 unspecified atom stereocenters. The van der Waals surface area contributed by atoms with Crippen molar-refractivity contribution in [1.29, 1.82) is 0 Å². The zero-order valence-corrected chi connectivity index (χ0v) is 14.0. The maximum Gasteiger partial charge on any atom is 0.254 e. The van der Waals surface area contributed by atoms with Crippen LogP contribution in [-0.2, 0) is 7.05 Å². The zero-order valence-electron chi connectivity index (χ0n) is 12.4. The highest BCUT2D eigenvalue weighted by Gasteiger charge is 2.23. The van der Waals surface area contributed by atoms with Gasteiger partial charge < -0.3 is 10.2 Å². The van der Waals surface area contributed by atoms with E-state index in [2.05, 4.69) is 36.2 Å². The first-order valence-corrected chi connectivity index (χ1v) is 8.08. The van der Waals surface area contributed by atoms with Crippen molar-refractivity contribution >= 4 is 27.7 Å². The van der Waals surface area contributed by atoms with Gasteiger partial charge in [-0.15, -0.1) is 0 Å². The maximum atomic E-state index is 12.1. The van der Waals surface area contributed by atoms with Crippen LogP contribution in [0.15, 0.2) is 35.2 Å². The van der Waals surface area contributed by atoms with Gasteiger partial charge >= 0.3 is 0 Å². The smallest absolute Gasteiger partial charge is 0.254 e. The van der Waals surface area contributed by atoms with Crippen molar-refractivity contribution in [2.75, 3.05) is 18.0 Å². The number of hydrogen-bond donors (Lipinski definition) is 1. The molecule has 116 valence electrons. The average Bonchev–Trinajstić information content (AvgIpc) is 2.95. The molecule has 2 aromatic heterocycles. The number of rotatable bonds is 3. The number of amides is 1. The molecule has 1 fully saturated rings. The summed E-state index contributed by atoms with van der Waals surface area (Å²) >= 11 is 3.54. The SMILES string of the molecule is Cn1cc(C(=O)NC2CCN(c3ncccc3Br)CC2)cn1. The molecular formula is C15H18BrN5O. The van der Waals surface area contributed by atoms with E-state index in [4.69, 9.17) is 0 Å². The number of aryl methyl sites for hydroxylation is 1. The second-order valence-electron chi connectivity index (χ2n) is 5.45. The standard InChI is InChI=1S/C15H18BrN5O/c1-20-10-11(9-18-20)15(22)19-12-4-7-21(8-5-12)14-13(16)3-2-6-17-14/h2-3,6,9-10,12H,4-5,7-8H2,1H3,(H,19,22). The largest absolute Gasteiger partial charge is 0.356 e. The van der Waals surface area contributed by atoms with Crippen LogP contribution in [0.3, 0.4) is 0 Å². The Morgan fingerprint density at radius 3 is 2.82 bits per heavy atom. The molecule has 6 nitrogen and oxygen atoms in total. The van der Waals surface area contributed by atoms with Crippen LogP contribution < -0.4 is 10.2 Å². The van der Waals surface area contributed by atoms with Crippen molar-refractivity contribution in [1.82, 2.24) is 20.1 Å². The summed E-state index contributed by atoms with van der Waals surface area (Å²) in [5.74, 6) is 0.921. The van der Waals surface area contributed by atoms with E-state index >= 15 is 0 Å². The first-order chi connectivity index (χ1) is 10.6. The molecule has 0 saturated carbocycles. The minimum atomic E-state index is -0.0504. The van der Waals surface area contributed by atoms with Crippen molar-refractivity contribution in [2.45, 2.75) is 18.9 Å². The Balaban J connectivity index is 1.56. The van der Waals surface area contributed by atoms with Gasteiger partial charge in [0, 0.05) is 38.6 Å². The van der Waals surface area contributed by atoms with Gasteiger partial charge in [0.1, 0.15) is 5.82 Å². The van der Waals surface area contributed by atoms with Gasteiger partial charge in [0.05, 0.1) is 16.2 Å². The summed E-state index contributed by atoms with van der Waals surface area (Å²) in [4.78, 5) is 18.8. The summed E-state index contributed by atoms with van der Waals surface area (Å²) in [7, 11) is 1.81. The molecule has 22 heavy (non-hydrogen) atoms. The third-order valence-corrected chi connectivity index (χ3v) is 4.45. The molecule has 0 aliphatic carbocycles. The highest BCUT2D eigenvalue weighted by atomic mass is 79.9. The number of anilines is 1. The minimum absolute atomic E-state index is 0.0504. The number of carbonyl (C=O) groups is 1. The van der Waals surface area contributed by atoms with E-state index in [0.29, 0.717) is 5.56 Å². The number of pyridine rings is 1. The Labute approximate surface area is 137 Å². The molecule has 0 aromatic carbocycles. The summed E-state index contributed by atoms with van der Waals surface area (Å²) in [6.07, 6.45) is 6.95. The summed E-state index contributed by atoms with van der Waals surface area (Å²) in [5.41, 5.74) is 0.609. The third kappa shape index (κ3) is 3.30. The van der Waals surface area contributed by atoms with Crippen LogP contribution in [0.5, 0.6) is 0 Å². The number of hydrogen-bond acceptors (Lipinski definition) is 4. The average molecular weight is 364 g/mol. The lowest BCUT2D eigenvalue weighted by molar-refractivity contribution is 0.0931. The fourth-order valence-corrected chi connectivity index (χ4v) is 3.16. The number of nitrogens with one attached hydrogen (secondary N) is 1. The molecule has 1 aliphatic heterocycles. The molecule has 0 bridgehead atoms. The molecule has 2 aromatic rings. The normalized spacial score (nSPS) is 15.8. The lowest BCUT2D eigenvalue weighted by atomic mass is 10.0. The van der Waals surface area contributed by atoms with E-state index in [-0.39, 0.29) is 11.9 Å². The highest BCUT2D eigenvalue weighted by molar-refractivity contribution is 9.10. The van der Waals surface area contributed by atoms with Crippen molar-refractivity contribution in [3.8, 4) is 0 Å². The van der Waals surface area contributed by atoms with Gasteiger partial charge in [0.25, 0.3) is 5.91 Å². The summed E-state index contributed by atoms with van der Waals surface area (Å²) in [5, 5.41) is 7.11. The Morgan fingerprint density at radius 2 is 2.18 bits per heavy atom. The number of piperidine rings is 1. The molecule has 0 atom stereocenters. The predicted molar refractivity (Wildman–Crippen MR) is 87.8 cm³/mol. The maximum absolute atomic E-state index is 12.1. The molecule has 3 heterocycles. The molecule has 7 heteroatoms. The first kappa shape index (κ1) is 15.0. The van der Waals surface area contributed by atoms with Crippen LogP contribution in [0, 0.1) is 0 Å². The zero-order chi connectivity index (χ0) is 15.5. The molecule has 1 aliphatic rings. The molecule has 1 amide bonds. The fraction of sp³-hybridized carbons (Fsp3) is 0.400. The van der Waals surface area contributed by atoms with Crippen molar-refractivity contribution < 1.29 is 4.79 Å². The van der Waals surface area contributed by atoms with E-state index in [1.165, 1.54) is 0 Å². The van der Waals surface area contributed by atoms with Gasteiger partial charge in [-0.1, -0.05) is 0 Å². The van der Waals surface area contributed by atoms with Gasteiger partial charge in [-0.25, -0.2) is 4.98 Å². The fourth-order valence-electron chi connectivity index (χ4n) is 2.65. The van der Waals surface area contributed by atoms with Gasteiger partial charge in [-0.05, 0) is 40.9 Å². The number of carbonyl (C=O) groups excluding carboxylic acids is 1. The third-order valence-electron chi connectivity index (χ3n) is 3.84. The molecular weight excluding hydrogens is 346 g/mol. The number of nitrogens with zero attached hydrogens (tertiary/aromatic N) is 4. The second kappa shape index (κ2) is 6.48. The molecule has 1 N–H and O–H groups in total. The first-order valence-electron chi connectivity index (χ1n) is 7.28. The minimum Gasteiger partial charge on any atom is -0.356 e. The monoisotopic (exact) mass is 363 g/mol. The quantitative estimate of drug-likeness (QED) is 0.905. The van der Waals surface area contributed by atoms with Crippen molar-refractivity contribution in [2.24, 2.45) is 7.05 Å². The Bertz CT molecular complexity index is 663. The lowest BCUT2D eigenvalue weighted by Crippen LogP contribution is -2.45. The van der Waals surface area contributed by atoms with E-state index in [0.717, 1.165) is 36.2 Å². The van der Waals surface area contributed by atoms with Gasteiger partial charge in [-0.2, -0.15) is 5.10 Å². The lowest BCUT2D eigenvalue weighted by Gasteiger charge is -2.33. The second-order valence-corrected chi connectivity index (χ2v) is 6.30. The van der Waals surface area contributed by atoms with E-state index in [9.17, 15) is 4.79 Å². The van der Waals surface area contributed by atoms with Crippen molar-refractivity contribution in [3.05, 3.63) is 40.8 Å². The summed E-state index contributed by atoms with van der Waals surface area (Å²) in [6, 6.07) is 4.11. The van der Waals surface area contributed by atoms with Crippen molar-refractivity contribution in [3.63, 3.8) is 0 Å². The van der Waals surface area contributed by atoms with E-state index in [1.807, 2.05) is 12.1 Å². The highest BCUT2D eigenvalue weighted by Crippen LogP contribution is 2.25. The molecule has 3 rings (SSSR count). The van der Waals surface area contributed by atoms with Crippen LogP contribution in [-0.4, -0.2) is 39.8 Å². The van der Waals surface area contributed by atoms with Gasteiger partial charge in [-0.3, -0.25) is 9.48 Å². The predicted octanol–water partition coefficient (Wildman–Crippen LogP) is 1.98. The number of halogens is 1. The van der Waals surface area contributed by atoms with Crippen LogP contribution in [0.1, 0.15) is 23.2 Å².